The molecule has 2 rings (SSSR count). The topological polar surface area (TPSA) is 111 Å². The Balaban J connectivity index is 2.16. The summed E-state index contributed by atoms with van der Waals surface area (Å²) >= 11 is 0. The zero-order valence-corrected chi connectivity index (χ0v) is 11.5. The number of nitrogens with one attached hydrogen (secondary N) is 2. The second kappa shape index (κ2) is 5.64. The lowest BCUT2D eigenvalue weighted by Crippen LogP contribution is -2.34. The molecular weight excluding hydrogens is 260 g/mol. The van der Waals surface area contributed by atoms with Crippen molar-refractivity contribution in [2.45, 2.75) is 19.9 Å². The largest absolute Gasteiger partial charge is 0.383 e. The highest BCUT2D eigenvalue weighted by Gasteiger charge is 2.10. The minimum atomic E-state index is -0.503. The zero-order valence-electron chi connectivity index (χ0n) is 11.5. The fraction of sp³-hybridized carbons (Fsp3) is 0.417. The van der Waals surface area contributed by atoms with E-state index < -0.39 is 11.2 Å². The number of hydrogen-bond donors (Lipinski definition) is 3. The fourth-order valence-electron chi connectivity index (χ4n) is 2.01. The summed E-state index contributed by atoms with van der Waals surface area (Å²) in [5.74, 6) is 1.05. The van der Waals surface area contributed by atoms with Gasteiger partial charge in [0.25, 0.3) is 5.56 Å². The number of hydrogen-bond acceptors (Lipinski definition) is 5. The minimum absolute atomic E-state index is 0.154. The van der Waals surface area contributed by atoms with E-state index in [0.29, 0.717) is 19.5 Å². The van der Waals surface area contributed by atoms with E-state index in [2.05, 4.69) is 15.3 Å². The van der Waals surface area contributed by atoms with Crippen molar-refractivity contribution in [2.75, 3.05) is 17.6 Å². The van der Waals surface area contributed by atoms with E-state index in [1.165, 1.54) is 4.57 Å². The van der Waals surface area contributed by atoms with E-state index in [1.54, 1.807) is 13.1 Å². The van der Waals surface area contributed by atoms with Gasteiger partial charge >= 0.3 is 5.69 Å². The summed E-state index contributed by atoms with van der Waals surface area (Å²) in [6.45, 7) is 2.68. The lowest BCUT2D eigenvalue weighted by atomic mass is 10.3. The van der Waals surface area contributed by atoms with Gasteiger partial charge in [0.05, 0.1) is 0 Å². The summed E-state index contributed by atoms with van der Waals surface area (Å²) < 4.78 is 3.22. The Labute approximate surface area is 115 Å². The molecule has 4 N–H and O–H groups in total. The Morgan fingerprint density at radius 2 is 2.20 bits per heavy atom. The zero-order chi connectivity index (χ0) is 14.7. The lowest BCUT2D eigenvalue weighted by molar-refractivity contribution is 0.705. The molecule has 0 amide bonds. The molecule has 2 aromatic rings. The summed E-state index contributed by atoms with van der Waals surface area (Å²) in [5, 5.41) is 2.97. The third-order valence-electron chi connectivity index (χ3n) is 3.13. The summed E-state index contributed by atoms with van der Waals surface area (Å²) in [6.07, 6.45) is 4.22. The molecule has 2 aromatic heterocycles. The molecule has 8 heteroatoms. The van der Waals surface area contributed by atoms with Crippen molar-refractivity contribution in [1.82, 2.24) is 19.1 Å². The van der Waals surface area contributed by atoms with Crippen molar-refractivity contribution in [2.24, 2.45) is 7.05 Å². The van der Waals surface area contributed by atoms with Crippen molar-refractivity contribution in [1.29, 1.82) is 0 Å². The van der Waals surface area contributed by atoms with Crippen LogP contribution in [0.3, 0.4) is 0 Å². The average molecular weight is 278 g/mol. The number of imidazole rings is 1. The molecule has 0 aliphatic heterocycles. The molecule has 0 saturated carbocycles. The number of aromatic amines is 1. The minimum Gasteiger partial charge on any atom is -0.383 e. The molecule has 2 heterocycles. The Hall–Kier alpha value is -2.51. The van der Waals surface area contributed by atoms with Crippen LogP contribution in [0.15, 0.2) is 22.0 Å². The van der Waals surface area contributed by atoms with Crippen LogP contribution in [0.4, 0.5) is 11.5 Å². The van der Waals surface area contributed by atoms with E-state index in [1.807, 2.05) is 17.8 Å². The molecule has 0 aliphatic carbocycles. The normalized spacial score (nSPS) is 10.7. The highest BCUT2D eigenvalue weighted by Crippen LogP contribution is 2.09. The molecule has 0 bridgehead atoms. The average Bonchev–Trinajstić information content (AvgIpc) is 2.79. The Kier molecular flexibility index (Phi) is 3.92. The van der Waals surface area contributed by atoms with Crippen LogP contribution in [0.1, 0.15) is 12.7 Å². The van der Waals surface area contributed by atoms with Crippen LogP contribution in [0.2, 0.25) is 0 Å². The maximum atomic E-state index is 11.8. The summed E-state index contributed by atoms with van der Waals surface area (Å²) in [7, 11) is 1.90. The molecule has 108 valence electrons. The van der Waals surface area contributed by atoms with Gasteiger partial charge in [0.2, 0.25) is 0 Å². The number of aromatic nitrogens is 4. The van der Waals surface area contributed by atoms with Crippen molar-refractivity contribution < 1.29 is 0 Å². The first-order chi connectivity index (χ1) is 9.54. The highest BCUT2D eigenvalue weighted by atomic mass is 16.2. The van der Waals surface area contributed by atoms with Crippen molar-refractivity contribution >= 4 is 11.5 Å². The first-order valence-electron chi connectivity index (χ1n) is 6.37. The monoisotopic (exact) mass is 278 g/mol. The van der Waals surface area contributed by atoms with Gasteiger partial charge in [-0.1, -0.05) is 0 Å². The van der Waals surface area contributed by atoms with Crippen LogP contribution in [-0.4, -0.2) is 25.6 Å². The number of nitrogens with two attached hydrogens (primary N) is 1. The first-order valence-corrected chi connectivity index (χ1v) is 6.37. The number of rotatable bonds is 5. The SMILES string of the molecule is CCn1c(N)c(NCCc2nccn2C)c(=O)[nH]c1=O. The molecule has 20 heavy (non-hydrogen) atoms. The lowest BCUT2D eigenvalue weighted by Gasteiger charge is -2.12. The van der Waals surface area contributed by atoms with Gasteiger partial charge in [-0.25, -0.2) is 9.78 Å². The Morgan fingerprint density at radius 1 is 1.45 bits per heavy atom. The highest BCUT2D eigenvalue weighted by molar-refractivity contribution is 5.60. The number of aryl methyl sites for hydroxylation is 1. The van der Waals surface area contributed by atoms with Gasteiger partial charge in [0.1, 0.15) is 17.3 Å². The van der Waals surface area contributed by atoms with Crippen LogP contribution < -0.4 is 22.3 Å². The Morgan fingerprint density at radius 3 is 2.80 bits per heavy atom. The van der Waals surface area contributed by atoms with Crippen molar-refractivity contribution in [3.8, 4) is 0 Å². The van der Waals surface area contributed by atoms with Crippen LogP contribution in [0.5, 0.6) is 0 Å². The smallest absolute Gasteiger partial charge is 0.330 e. The molecule has 0 aromatic carbocycles. The third-order valence-corrected chi connectivity index (χ3v) is 3.13. The van der Waals surface area contributed by atoms with Crippen LogP contribution in [-0.2, 0) is 20.0 Å². The van der Waals surface area contributed by atoms with E-state index in [4.69, 9.17) is 5.73 Å². The summed E-state index contributed by atoms with van der Waals surface area (Å²) in [5.41, 5.74) is 5.07. The van der Waals surface area contributed by atoms with Gasteiger partial charge in [-0.3, -0.25) is 14.3 Å². The summed E-state index contributed by atoms with van der Waals surface area (Å²) in [6, 6.07) is 0. The molecular formula is C12H18N6O2. The first kappa shape index (κ1) is 13.9. The molecule has 0 atom stereocenters. The van der Waals surface area contributed by atoms with Gasteiger partial charge < -0.3 is 15.6 Å². The Bertz CT molecular complexity index is 711. The van der Waals surface area contributed by atoms with Gasteiger partial charge in [-0.05, 0) is 6.92 Å². The predicted octanol–water partition coefficient (Wildman–Crippen LogP) is -0.473. The van der Waals surface area contributed by atoms with Gasteiger partial charge in [0, 0.05) is 39.0 Å². The van der Waals surface area contributed by atoms with Gasteiger partial charge in [-0.2, -0.15) is 0 Å². The standard InChI is InChI=1S/C12H18N6O2/c1-3-18-10(13)9(11(19)16-12(18)20)15-5-4-8-14-6-7-17(8)2/h6-7,15H,3-5,13H2,1-2H3,(H,16,19,20). The number of nitrogens with zero attached hydrogens (tertiary/aromatic N) is 3. The van der Waals surface area contributed by atoms with Crippen molar-refractivity contribution in [3.63, 3.8) is 0 Å². The van der Waals surface area contributed by atoms with Crippen molar-refractivity contribution in [3.05, 3.63) is 39.1 Å². The van der Waals surface area contributed by atoms with Crippen LogP contribution in [0, 0.1) is 0 Å². The number of nitrogen functional groups attached to an aromatic ring is 1. The van der Waals surface area contributed by atoms with E-state index >= 15 is 0 Å². The van der Waals surface area contributed by atoms with Gasteiger partial charge in [-0.15, -0.1) is 0 Å². The van der Waals surface area contributed by atoms with Crippen LogP contribution in [0.25, 0.3) is 0 Å². The van der Waals surface area contributed by atoms with E-state index in [9.17, 15) is 9.59 Å². The number of anilines is 2. The molecule has 0 saturated heterocycles. The molecule has 0 unspecified atom stereocenters. The maximum absolute atomic E-state index is 11.8. The third kappa shape index (κ3) is 2.58. The molecule has 0 aliphatic rings. The molecule has 0 fully saturated rings. The van der Waals surface area contributed by atoms with Crippen LogP contribution >= 0.6 is 0 Å². The van der Waals surface area contributed by atoms with Gasteiger partial charge in [0.15, 0.2) is 0 Å². The second-order valence-electron chi connectivity index (χ2n) is 4.39. The molecule has 0 radical (unpaired) electrons. The molecule has 0 spiro atoms. The maximum Gasteiger partial charge on any atom is 0.330 e. The van der Waals surface area contributed by atoms with E-state index in [-0.39, 0.29) is 11.5 Å². The fourth-order valence-corrected chi connectivity index (χ4v) is 2.01. The quantitative estimate of drug-likeness (QED) is 0.684. The summed E-state index contributed by atoms with van der Waals surface area (Å²) in [4.78, 5) is 29.7. The predicted molar refractivity (Wildman–Crippen MR) is 76.8 cm³/mol. The van der Waals surface area contributed by atoms with E-state index in [0.717, 1.165) is 5.82 Å². The number of H-pyrrole nitrogens is 1. The second-order valence-corrected chi connectivity index (χ2v) is 4.39. The molecule has 8 nitrogen and oxygen atoms in total.